The minimum atomic E-state index is -3.06. The van der Waals surface area contributed by atoms with E-state index >= 15 is 0 Å². The molecule has 1 aromatic rings. The largest absolute Gasteiger partial charge is 0.390 e. The molecular formula is C11H16N2O3S. The second kappa shape index (κ2) is 5.12. The zero-order chi connectivity index (χ0) is 12.3. The lowest BCUT2D eigenvalue weighted by molar-refractivity contribution is 0.166. The summed E-state index contributed by atoms with van der Waals surface area (Å²) in [6.45, 7) is 0.654. The van der Waals surface area contributed by atoms with Crippen molar-refractivity contribution in [2.45, 2.75) is 18.6 Å². The van der Waals surface area contributed by atoms with Gasteiger partial charge >= 0.3 is 0 Å². The summed E-state index contributed by atoms with van der Waals surface area (Å²) in [5.74, 6) is -0.0928. The van der Waals surface area contributed by atoms with Gasteiger partial charge in [-0.05, 0) is 30.7 Å². The van der Waals surface area contributed by atoms with Crippen molar-refractivity contribution in [3.8, 4) is 0 Å². The predicted octanol–water partition coefficient (Wildman–Crippen LogP) is -0.628. The van der Waals surface area contributed by atoms with Gasteiger partial charge in [0.1, 0.15) is 0 Å². The molecule has 17 heavy (non-hydrogen) atoms. The fourth-order valence-electron chi connectivity index (χ4n) is 1.98. The van der Waals surface area contributed by atoms with E-state index in [2.05, 4.69) is 10.3 Å². The minimum absolute atomic E-state index is 0.0323. The molecule has 0 spiro atoms. The molecule has 2 unspecified atom stereocenters. The number of aromatic nitrogens is 1. The first-order valence-corrected chi connectivity index (χ1v) is 7.40. The van der Waals surface area contributed by atoms with Gasteiger partial charge in [0.2, 0.25) is 0 Å². The Balaban J connectivity index is 1.80. The van der Waals surface area contributed by atoms with Crippen LogP contribution in [0.5, 0.6) is 0 Å². The molecule has 2 N–H and O–H groups in total. The van der Waals surface area contributed by atoms with Crippen LogP contribution in [0.25, 0.3) is 0 Å². The molecular weight excluding hydrogens is 240 g/mol. The summed E-state index contributed by atoms with van der Waals surface area (Å²) >= 11 is 0. The van der Waals surface area contributed by atoms with E-state index in [4.69, 9.17) is 0 Å². The zero-order valence-corrected chi connectivity index (χ0v) is 10.2. The molecule has 1 fully saturated rings. The maximum Gasteiger partial charge on any atom is 0.154 e. The number of aliphatic hydroxyl groups excluding tert-OH is 1. The Bertz CT molecular complexity index is 461. The van der Waals surface area contributed by atoms with Crippen molar-refractivity contribution in [1.82, 2.24) is 10.3 Å². The van der Waals surface area contributed by atoms with Gasteiger partial charge in [0.25, 0.3) is 0 Å². The number of nitrogens with one attached hydrogen (secondary N) is 1. The molecule has 2 rings (SSSR count). The normalized spacial score (nSPS) is 27.1. The molecule has 0 amide bonds. The lowest BCUT2D eigenvalue weighted by Crippen LogP contribution is -2.39. The Morgan fingerprint density at radius 2 is 2.06 bits per heavy atom. The van der Waals surface area contributed by atoms with Crippen molar-refractivity contribution < 1.29 is 13.5 Å². The van der Waals surface area contributed by atoms with Gasteiger partial charge in [-0.2, -0.15) is 0 Å². The van der Waals surface area contributed by atoms with E-state index in [1.807, 2.05) is 12.1 Å². The van der Waals surface area contributed by atoms with Crippen LogP contribution in [-0.4, -0.2) is 48.7 Å². The van der Waals surface area contributed by atoms with Crippen LogP contribution in [0.1, 0.15) is 5.56 Å². The van der Waals surface area contributed by atoms with Crippen LogP contribution in [0.4, 0.5) is 0 Å². The van der Waals surface area contributed by atoms with Crippen LogP contribution in [0, 0.1) is 0 Å². The molecule has 2 atom stereocenters. The quantitative estimate of drug-likeness (QED) is 0.750. The Morgan fingerprint density at radius 1 is 1.35 bits per heavy atom. The van der Waals surface area contributed by atoms with Gasteiger partial charge in [0, 0.05) is 18.4 Å². The number of hydrogen-bond acceptors (Lipinski definition) is 5. The van der Waals surface area contributed by atoms with Gasteiger partial charge < -0.3 is 10.4 Å². The summed E-state index contributed by atoms with van der Waals surface area (Å²) in [4.78, 5) is 3.92. The second-order valence-electron chi connectivity index (χ2n) is 4.31. The van der Waals surface area contributed by atoms with Crippen molar-refractivity contribution in [3.05, 3.63) is 30.1 Å². The number of rotatable bonds is 4. The van der Waals surface area contributed by atoms with E-state index in [-0.39, 0.29) is 17.5 Å². The number of sulfone groups is 1. The summed E-state index contributed by atoms with van der Waals surface area (Å²) in [5, 5.41) is 12.7. The monoisotopic (exact) mass is 256 g/mol. The molecule has 0 radical (unpaired) electrons. The number of nitrogens with zero attached hydrogens (tertiary/aromatic N) is 1. The summed E-state index contributed by atoms with van der Waals surface area (Å²) < 4.78 is 22.6. The van der Waals surface area contributed by atoms with Crippen LogP contribution in [0.3, 0.4) is 0 Å². The molecule has 0 aromatic carbocycles. The molecule has 6 heteroatoms. The highest BCUT2D eigenvalue weighted by Gasteiger charge is 2.35. The molecule has 5 nitrogen and oxygen atoms in total. The van der Waals surface area contributed by atoms with Crippen molar-refractivity contribution in [2.24, 2.45) is 0 Å². The van der Waals surface area contributed by atoms with E-state index in [0.29, 0.717) is 6.54 Å². The first-order valence-electron chi connectivity index (χ1n) is 5.57. The van der Waals surface area contributed by atoms with E-state index in [1.54, 1.807) is 12.4 Å². The van der Waals surface area contributed by atoms with Crippen molar-refractivity contribution in [3.63, 3.8) is 0 Å². The predicted molar refractivity (Wildman–Crippen MR) is 64.4 cm³/mol. The van der Waals surface area contributed by atoms with Crippen molar-refractivity contribution in [1.29, 1.82) is 0 Å². The first kappa shape index (κ1) is 12.5. The van der Waals surface area contributed by atoms with E-state index in [9.17, 15) is 13.5 Å². The summed E-state index contributed by atoms with van der Waals surface area (Å²) in [7, 11) is -3.06. The third-order valence-corrected chi connectivity index (χ3v) is 4.61. The topological polar surface area (TPSA) is 79.3 Å². The summed E-state index contributed by atoms with van der Waals surface area (Å²) in [5.41, 5.74) is 1.14. The molecule has 0 aliphatic carbocycles. The highest BCUT2D eigenvalue weighted by atomic mass is 32.2. The van der Waals surface area contributed by atoms with Gasteiger partial charge in [-0.3, -0.25) is 4.98 Å². The van der Waals surface area contributed by atoms with Crippen LogP contribution in [-0.2, 0) is 16.3 Å². The second-order valence-corrected chi connectivity index (χ2v) is 6.46. The zero-order valence-electron chi connectivity index (χ0n) is 9.41. The lowest BCUT2D eigenvalue weighted by Gasteiger charge is -2.14. The first-order chi connectivity index (χ1) is 8.07. The van der Waals surface area contributed by atoms with Crippen LogP contribution in [0.2, 0.25) is 0 Å². The Morgan fingerprint density at radius 3 is 2.65 bits per heavy atom. The van der Waals surface area contributed by atoms with Gasteiger partial charge in [-0.25, -0.2) is 8.42 Å². The van der Waals surface area contributed by atoms with Gasteiger partial charge in [-0.1, -0.05) is 0 Å². The van der Waals surface area contributed by atoms with Crippen molar-refractivity contribution >= 4 is 9.84 Å². The summed E-state index contributed by atoms with van der Waals surface area (Å²) in [6.07, 6.45) is 3.47. The molecule has 1 aliphatic heterocycles. The van der Waals surface area contributed by atoms with Crippen LogP contribution < -0.4 is 5.32 Å². The van der Waals surface area contributed by atoms with E-state index in [0.717, 1.165) is 12.0 Å². The van der Waals surface area contributed by atoms with Crippen LogP contribution in [0.15, 0.2) is 24.5 Å². The van der Waals surface area contributed by atoms with E-state index in [1.165, 1.54) is 0 Å². The average molecular weight is 256 g/mol. The Labute approximate surface area is 101 Å². The number of aliphatic hydroxyl groups is 1. The maximum absolute atomic E-state index is 11.3. The SMILES string of the molecule is O=S1(=O)CC(O)C(NCCc2ccncc2)C1. The third kappa shape index (κ3) is 3.49. The smallest absolute Gasteiger partial charge is 0.154 e. The maximum atomic E-state index is 11.3. The molecule has 0 saturated carbocycles. The Hall–Kier alpha value is -0.980. The van der Waals surface area contributed by atoms with E-state index < -0.39 is 15.9 Å². The van der Waals surface area contributed by atoms with Gasteiger partial charge in [0.05, 0.1) is 17.6 Å². The standard InChI is InChI=1S/C11H16N2O3S/c14-11-8-17(15,16)7-10(11)13-6-3-9-1-4-12-5-2-9/h1-2,4-5,10-11,13-14H,3,6-8H2. The fraction of sp³-hybridized carbons (Fsp3) is 0.545. The number of pyridine rings is 1. The molecule has 1 saturated heterocycles. The molecule has 94 valence electrons. The number of hydrogen-bond donors (Lipinski definition) is 2. The summed E-state index contributed by atoms with van der Waals surface area (Å²) in [6, 6.07) is 3.51. The highest BCUT2D eigenvalue weighted by Crippen LogP contribution is 2.12. The average Bonchev–Trinajstić information content (AvgIpc) is 2.53. The lowest BCUT2D eigenvalue weighted by atomic mass is 10.1. The minimum Gasteiger partial charge on any atom is -0.390 e. The van der Waals surface area contributed by atoms with Gasteiger partial charge in [0.15, 0.2) is 9.84 Å². The molecule has 0 bridgehead atoms. The van der Waals surface area contributed by atoms with Crippen LogP contribution >= 0.6 is 0 Å². The Kier molecular flexibility index (Phi) is 3.76. The van der Waals surface area contributed by atoms with Gasteiger partial charge in [-0.15, -0.1) is 0 Å². The highest BCUT2D eigenvalue weighted by molar-refractivity contribution is 7.91. The fourth-order valence-corrected chi connectivity index (χ4v) is 3.75. The molecule has 2 heterocycles. The van der Waals surface area contributed by atoms with Crippen molar-refractivity contribution in [2.75, 3.05) is 18.1 Å². The molecule has 1 aromatic heterocycles. The third-order valence-electron chi connectivity index (χ3n) is 2.89. The molecule has 1 aliphatic rings.